The van der Waals surface area contributed by atoms with Crippen molar-refractivity contribution in [1.82, 2.24) is 9.55 Å². The molecule has 26 heavy (non-hydrogen) atoms. The summed E-state index contributed by atoms with van der Waals surface area (Å²) in [5, 5.41) is 0. The lowest BCUT2D eigenvalue weighted by Crippen LogP contribution is -2.40. The van der Waals surface area contributed by atoms with Gasteiger partial charge in [-0.05, 0) is 13.8 Å². The summed E-state index contributed by atoms with van der Waals surface area (Å²) in [5.74, 6) is -3.49. The molecule has 0 amide bonds. The molecule has 0 aliphatic carbocycles. The Labute approximate surface area is 160 Å². The molecule has 1 aliphatic rings. The largest absolute Gasteiger partial charge is 0.356 e. The molecule has 1 aromatic rings. The third-order valence-corrected chi connectivity index (χ3v) is 6.54. The van der Waals surface area contributed by atoms with Gasteiger partial charge in [-0.3, -0.25) is 18.9 Å². The van der Waals surface area contributed by atoms with Crippen molar-refractivity contribution in [3.8, 4) is 0 Å². The maximum atomic E-state index is 14.5. The van der Waals surface area contributed by atoms with Gasteiger partial charge in [0.2, 0.25) is 6.23 Å². The first-order valence-electron chi connectivity index (χ1n) is 7.63. The number of halogens is 3. The highest BCUT2D eigenvalue weighted by Gasteiger charge is 2.60. The first kappa shape index (κ1) is 21.6. The highest BCUT2D eigenvalue weighted by atomic mass is 127. The van der Waals surface area contributed by atoms with E-state index in [9.17, 15) is 22.9 Å². The molecule has 2 heterocycles. The van der Waals surface area contributed by atoms with Crippen LogP contribution >= 0.6 is 30.2 Å². The van der Waals surface area contributed by atoms with Gasteiger partial charge < -0.3 is 18.5 Å². The van der Waals surface area contributed by atoms with Crippen LogP contribution < -0.4 is 11.2 Å². The Balaban J connectivity index is 2.19. The number of aromatic amines is 1. The van der Waals surface area contributed by atoms with Crippen molar-refractivity contribution in [3.05, 3.63) is 33.1 Å². The highest BCUT2D eigenvalue weighted by Crippen LogP contribution is 2.51. The van der Waals surface area contributed by atoms with Crippen LogP contribution in [0.15, 0.2) is 21.9 Å². The molecular weight excluding hydrogens is 492 g/mol. The van der Waals surface area contributed by atoms with E-state index < -0.39 is 47.6 Å². The molecule has 1 N–H and O–H groups in total. The SMILES string of the molecule is CCOP(=O)(COC1OC(n2ccc(=O)[nH]c2=O)C(F)(F)C1I)OCC. The Kier molecular flexibility index (Phi) is 7.13. The molecule has 3 unspecified atom stereocenters. The number of aromatic nitrogens is 2. The van der Waals surface area contributed by atoms with Crippen molar-refractivity contribution in [2.45, 2.75) is 36.2 Å². The van der Waals surface area contributed by atoms with E-state index in [1.807, 2.05) is 4.98 Å². The second-order valence-corrected chi connectivity index (χ2v) is 8.53. The van der Waals surface area contributed by atoms with Crippen LogP contribution in [0.3, 0.4) is 0 Å². The Morgan fingerprint density at radius 3 is 2.50 bits per heavy atom. The Hall–Kier alpha value is -0.660. The highest BCUT2D eigenvalue weighted by molar-refractivity contribution is 14.1. The predicted molar refractivity (Wildman–Crippen MR) is 94.8 cm³/mol. The van der Waals surface area contributed by atoms with Crippen molar-refractivity contribution in [3.63, 3.8) is 0 Å². The normalized spacial score (nSPS) is 25.5. The Bertz CT molecular complexity index is 776. The molecule has 9 nitrogen and oxygen atoms in total. The summed E-state index contributed by atoms with van der Waals surface area (Å²) >= 11 is 1.43. The topological polar surface area (TPSA) is 109 Å². The lowest BCUT2D eigenvalue weighted by molar-refractivity contribution is -0.165. The van der Waals surface area contributed by atoms with Crippen molar-refractivity contribution < 1.29 is 31.9 Å². The molecule has 1 aliphatic heterocycles. The number of ether oxygens (including phenoxy) is 2. The van der Waals surface area contributed by atoms with E-state index in [-0.39, 0.29) is 13.2 Å². The second kappa shape index (κ2) is 8.57. The van der Waals surface area contributed by atoms with Crippen molar-refractivity contribution >= 4 is 30.2 Å². The van der Waals surface area contributed by atoms with Gasteiger partial charge in [0.1, 0.15) is 3.92 Å². The van der Waals surface area contributed by atoms with Crippen LogP contribution in [-0.2, 0) is 23.1 Å². The summed E-state index contributed by atoms with van der Waals surface area (Å²) in [4.78, 5) is 24.8. The molecule has 0 aromatic carbocycles. The van der Waals surface area contributed by atoms with E-state index in [4.69, 9.17) is 18.5 Å². The molecule has 13 heteroatoms. The maximum Gasteiger partial charge on any atom is 0.356 e. The molecular formula is C13H18F2IN2O7P. The average molecular weight is 510 g/mol. The van der Waals surface area contributed by atoms with Gasteiger partial charge in [-0.1, -0.05) is 22.6 Å². The van der Waals surface area contributed by atoms with Gasteiger partial charge in [0.25, 0.3) is 5.56 Å². The number of hydrogen-bond donors (Lipinski definition) is 1. The van der Waals surface area contributed by atoms with E-state index in [2.05, 4.69) is 0 Å². The minimum atomic E-state index is -3.61. The van der Waals surface area contributed by atoms with Crippen LogP contribution in [0.2, 0.25) is 0 Å². The quantitative estimate of drug-likeness (QED) is 0.324. The molecule has 148 valence electrons. The van der Waals surface area contributed by atoms with Crippen LogP contribution in [0.25, 0.3) is 0 Å². The fourth-order valence-corrected chi connectivity index (χ4v) is 4.29. The van der Waals surface area contributed by atoms with Gasteiger partial charge in [0.05, 0.1) is 13.2 Å². The second-order valence-electron chi connectivity index (χ2n) is 5.19. The zero-order valence-electron chi connectivity index (χ0n) is 13.9. The lowest BCUT2D eigenvalue weighted by Gasteiger charge is -2.20. The van der Waals surface area contributed by atoms with E-state index in [1.165, 1.54) is 22.6 Å². The lowest BCUT2D eigenvalue weighted by atomic mass is 10.2. The van der Waals surface area contributed by atoms with Gasteiger partial charge in [0, 0.05) is 12.3 Å². The number of nitrogens with one attached hydrogen (secondary N) is 1. The van der Waals surface area contributed by atoms with E-state index in [0.29, 0.717) is 4.57 Å². The summed E-state index contributed by atoms with van der Waals surface area (Å²) in [5.41, 5.74) is -1.76. The summed E-state index contributed by atoms with van der Waals surface area (Å²) < 4.78 is 61.0. The molecule has 2 rings (SSSR count). The molecule has 0 radical (unpaired) electrons. The smallest absolute Gasteiger partial charge is 0.339 e. The fourth-order valence-electron chi connectivity index (χ4n) is 2.26. The number of nitrogens with zero attached hydrogens (tertiary/aromatic N) is 1. The minimum Gasteiger partial charge on any atom is -0.339 e. The van der Waals surface area contributed by atoms with Crippen LogP contribution in [0.4, 0.5) is 8.78 Å². The van der Waals surface area contributed by atoms with Crippen LogP contribution in [-0.4, -0.2) is 45.3 Å². The summed E-state index contributed by atoms with van der Waals surface area (Å²) in [7, 11) is -3.61. The van der Waals surface area contributed by atoms with Crippen LogP contribution in [0.1, 0.15) is 20.1 Å². The van der Waals surface area contributed by atoms with Gasteiger partial charge in [-0.15, -0.1) is 0 Å². The summed E-state index contributed by atoms with van der Waals surface area (Å²) in [6.07, 6.45) is -3.13. The monoisotopic (exact) mass is 510 g/mol. The molecule has 0 bridgehead atoms. The predicted octanol–water partition coefficient (Wildman–Crippen LogP) is 2.07. The van der Waals surface area contributed by atoms with E-state index in [0.717, 1.165) is 12.3 Å². The average Bonchev–Trinajstić information content (AvgIpc) is 2.77. The van der Waals surface area contributed by atoms with Crippen molar-refractivity contribution in [1.29, 1.82) is 0 Å². The standard InChI is InChI=1S/C13H18F2IN2O7P/c1-3-23-26(21,24-4-2)7-22-10-9(16)13(14,15)11(25-10)18-6-5-8(19)17-12(18)20/h5-6,9-11H,3-4,7H2,1-2H3,(H,17,19,20). The zero-order valence-corrected chi connectivity index (χ0v) is 16.9. The fraction of sp³-hybridized carbons (Fsp3) is 0.692. The molecule has 1 aromatic heterocycles. The summed E-state index contributed by atoms with van der Waals surface area (Å²) in [6, 6.07) is 0.926. The van der Waals surface area contributed by atoms with Gasteiger partial charge in [-0.25, -0.2) is 13.6 Å². The number of rotatable bonds is 8. The molecule has 0 spiro atoms. The van der Waals surface area contributed by atoms with Gasteiger partial charge in [0.15, 0.2) is 12.6 Å². The number of alkyl halides is 3. The summed E-state index contributed by atoms with van der Waals surface area (Å²) in [6.45, 7) is 3.38. The first-order valence-corrected chi connectivity index (χ1v) is 10.6. The zero-order chi connectivity index (χ0) is 19.5. The Morgan fingerprint density at radius 1 is 1.35 bits per heavy atom. The van der Waals surface area contributed by atoms with E-state index in [1.54, 1.807) is 13.8 Å². The third-order valence-electron chi connectivity index (χ3n) is 3.35. The van der Waals surface area contributed by atoms with E-state index >= 15 is 0 Å². The van der Waals surface area contributed by atoms with Crippen LogP contribution in [0, 0.1) is 0 Å². The first-order chi connectivity index (χ1) is 12.1. The van der Waals surface area contributed by atoms with Gasteiger partial charge >= 0.3 is 19.2 Å². The number of H-pyrrole nitrogens is 1. The molecule has 3 atom stereocenters. The minimum absolute atomic E-state index is 0.0887. The molecule has 0 saturated carbocycles. The Morgan fingerprint density at radius 2 is 1.96 bits per heavy atom. The van der Waals surface area contributed by atoms with Crippen molar-refractivity contribution in [2.75, 3.05) is 19.6 Å². The molecule has 1 saturated heterocycles. The molecule has 1 fully saturated rings. The van der Waals surface area contributed by atoms with Crippen molar-refractivity contribution in [2.24, 2.45) is 0 Å². The maximum absolute atomic E-state index is 14.5. The van der Waals surface area contributed by atoms with Crippen LogP contribution in [0.5, 0.6) is 0 Å². The third kappa shape index (κ3) is 4.60. The number of hydrogen-bond acceptors (Lipinski definition) is 7. The van der Waals surface area contributed by atoms with Gasteiger partial charge in [-0.2, -0.15) is 0 Å².